The Morgan fingerprint density at radius 3 is 2.70 bits per heavy atom. The second kappa shape index (κ2) is 10.8. The van der Waals surface area contributed by atoms with Gasteiger partial charge in [0.05, 0.1) is 18.4 Å². The van der Waals surface area contributed by atoms with E-state index in [1.807, 2.05) is 30.3 Å². The first-order valence-electron chi connectivity index (χ1n) is 9.92. The van der Waals surface area contributed by atoms with Crippen LogP contribution in [0.1, 0.15) is 40.7 Å². The lowest BCUT2D eigenvalue weighted by molar-refractivity contribution is 0.0958. The quantitative estimate of drug-likeness (QED) is 0.434. The monoisotopic (exact) mass is 400 g/mol. The minimum Gasteiger partial charge on any atom is -0.377 e. The molecule has 0 radical (unpaired) electrons. The minimum atomic E-state index is -0.269. The Bertz CT molecular complexity index is 1030. The molecular weight excluding hydrogens is 376 g/mol. The largest absolute Gasteiger partial charge is 0.377 e. The highest BCUT2D eigenvalue weighted by Gasteiger charge is 2.08. The molecule has 0 aliphatic rings. The predicted molar refractivity (Wildman–Crippen MR) is 115 cm³/mol. The number of amides is 1. The first-order valence-corrected chi connectivity index (χ1v) is 9.92. The van der Waals surface area contributed by atoms with Crippen LogP contribution in [0.25, 0.3) is 11.3 Å². The lowest BCUT2D eigenvalue weighted by Crippen LogP contribution is -2.23. The van der Waals surface area contributed by atoms with Crippen molar-refractivity contribution in [2.24, 2.45) is 0 Å². The molecule has 0 saturated heterocycles. The molecule has 1 N–H and O–H groups in total. The van der Waals surface area contributed by atoms with Gasteiger partial charge in [-0.05, 0) is 35.7 Å². The molecule has 6 heteroatoms. The zero-order valence-corrected chi connectivity index (χ0v) is 17.0. The van der Waals surface area contributed by atoms with Crippen LogP contribution in [-0.4, -0.2) is 29.0 Å². The number of aromatic nitrogens is 2. The van der Waals surface area contributed by atoms with Gasteiger partial charge in [-0.3, -0.25) is 4.79 Å². The molecule has 1 heterocycles. The van der Waals surface area contributed by atoms with E-state index in [0.29, 0.717) is 18.6 Å². The number of benzene rings is 2. The standard InChI is InChI=1S/C24H24N4O2/c1-2-14-30-17-19-5-3-4-18(15-19)16-23-26-12-10-22(28-23)20-6-8-21(9-7-20)24(29)27-13-11-25/h3-10,12,15H,2,13-14,16-17H2,1H3,(H,27,29). The summed E-state index contributed by atoms with van der Waals surface area (Å²) in [4.78, 5) is 21.0. The van der Waals surface area contributed by atoms with Crippen molar-refractivity contribution in [1.29, 1.82) is 5.26 Å². The van der Waals surface area contributed by atoms with E-state index < -0.39 is 0 Å². The Balaban J connectivity index is 1.70. The van der Waals surface area contributed by atoms with Gasteiger partial charge in [-0.2, -0.15) is 5.26 Å². The molecule has 152 valence electrons. The summed E-state index contributed by atoms with van der Waals surface area (Å²) in [5.41, 5.74) is 4.48. The molecule has 30 heavy (non-hydrogen) atoms. The van der Waals surface area contributed by atoms with Crippen molar-refractivity contribution in [3.63, 3.8) is 0 Å². The number of hydrogen-bond donors (Lipinski definition) is 1. The lowest BCUT2D eigenvalue weighted by Gasteiger charge is -2.07. The number of ether oxygens (including phenoxy) is 1. The molecular formula is C24H24N4O2. The first kappa shape index (κ1) is 21.2. The van der Waals surface area contributed by atoms with Crippen LogP contribution in [0.2, 0.25) is 0 Å². The minimum absolute atomic E-state index is 0.0121. The Morgan fingerprint density at radius 2 is 1.93 bits per heavy atom. The molecule has 0 saturated carbocycles. The van der Waals surface area contributed by atoms with Gasteiger partial charge in [0, 0.05) is 30.4 Å². The summed E-state index contributed by atoms with van der Waals surface area (Å²) >= 11 is 0. The van der Waals surface area contributed by atoms with Crippen molar-refractivity contribution in [2.45, 2.75) is 26.4 Å². The molecule has 0 fully saturated rings. The van der Waals surface area contributed by atoms with Gasteiger partial charge in [-0.15, -0.1) is 0 Å². The van der Waals surface area contributed by atoms with E-state index in [2.05, 4.69) is 40.4 Å². The van der Waals surface area contributed by atoms with Gasteiger partial charge in [-0.1, -0.05) is 43.3 Å². The second-order valence-corrected chi connectivity index (χ2v) is 6.83. The van der Waals surface area contributed by atoms with Gasteiger partial charge in [0.25, 0.3) is 5.91 Å². The van der Waals surface area contributed by atoms with E-state index in [4.69, 9.17) is 10.00 Å². The van der Waals surface area contributed by atoms with Crippen molar-refractivity contribution in [1.82, 2.24) is 15.3 Å². The molecule has 0 aliphatic carbocycles. The molecule has 6 nitrogen and oxygen atoms in total. The van der Waals surface area contributed by atoms with Crippen molar-refractivity contribution in [3.05, 3.63) is 83.3 Å². The van der Waals surface area contributed by atoms with Crippen molar-refractivity contribution >= 4 is 5.91 Å². The summed E-state index contributed by atoms with van der Waals surface area (Å²) in [6.45, 7) is 3.45. The fourth-order valence-corrected chi connectivity index (χ4v) is 3.01. The fourth-order valence-electron chi connectivity index (χ4n) is 3.01. The molecule has 0 unspecified atom stereocenters. The third-order valence-corrected chi connectivity index (χ3v) is 4.45. The van der Waals surface area contributed by atoms with E-state index in [1.165, 1.54) is 0 Å². The summed E-state index contributed by atoms with van der Waals surface area (Å²) in [7, 11) is 0. The third-order valence-electron chi connectivity index (χ3n) is 4.45. The Kier molecular flexibility index (Phi) is 7.64. The van der Waals surface area contributed by atoms with Crippen LogP contribution in [0.3, 0.4) is 0 Å². The van der Waals surface area contributed by atoms with Crippen LogP contribution in [0.4, 0.5) is 0 Å². The van der Waals surface area contributed by atoms with Gasteiger partial charge in [-0.25, -0.2) is 9.97 Å². The van der Waals surface area contributed by atoms with Crippen LogP contribution in [0, 0.1) is 11.3 Å². The highest BCUT2D eigenvalue weighted by atomic mass is 16.5. The maximum absolute atomic E-state index is 11.9. The van der Waals surface area contributed by atoms with Gasteiger partial charge < -0.3 is 10.1 Å². The fraction of sp³-hybridized carbons (Fsp3) is 0.250. The number of nitrogens with one attached hydrogen (secondary N) is 1. The van der Waals surface area contributed by atoms with E-state index in [9.17, 15) is 4.79 Å². The van der Waals surface area contributed by atoms with Gasteiger partial charge in [0.15, 0.2) is 0 Å². The summed E-state index contributed by atoms with van der Waals surface area (Å²) in [5, 5.41) is 11.1. The van der Waals surface area contributed by atoms with Crippen molar-refractivity contribution < 1.29 is 9.53 Å². The van der Waals surface area contributed by atoms with Crippen molar-refractivity contribution in [2.75, 3.05) is 13.2 Å². The van der Waals surface area contributed by atoms with Gasteiger partial charge in [0.2, 0.25) is 0 Å². The molecule has 0 bridgehead atoms. The second-order valence-electron chi connectivity index (χ2n) is 6.83. The molecule has 0 aliphatic heterocycles. The molecule has 2 aromatic carbocycles. The summed E-state index contributed by atoms with van der Waals surface area (Å²) in [6, 6.07) is 19.2. The van der Waals surface area contributed by atoms with E-state index in [-0.39, 0.29) is 12.5 Å². The molecule has 0 spiro atoms. The number of rotatable bonds is 9. The molecule has 3 rings (SSSR count). The van der Waals surface area contributed by atoms with Crippen LogP contribution in [-0.2, 0) is 17.8 Å². The van der Waals surface area contributed by atoms with E-state index in [1.54, 1.807) is 18.3 Å². The van der Waals surface area contributed by atoms with Crippen LogP contribution in [0.15, 0.2) is 60.8 Å². The lowest BCUT2D eigenvalue weighted by atomic mass is 10.1. The van der Waals surface area contributed by atoms with Crippen LogP contribution < -0.4 is 5.32 Å². The van der Waals surface area contributed by atoms with E-state index >= 15 is 0 Å². The zero-order chi connectivity index (χ0) is 21.2. The topological polar surface area (TPSA) is 87.9 Å². The van der Waals surface area contributed by atoms with Gasteiger partial charge >= 0.3 is 0 Å². The number of carbonyl (C=O) groups excluding carboxylic acids is 1. The molecule has 1 amide bonds. The maximum atomic E-state index is 11.9. The Labute approximate surface area is 176 Å². The SMILES string of the molecule is CCCOCc1cccc(Cc2nccc(-c3ccc(C(=O)NCC#N)cc3)n2)c1. The highest BCUT2D eigenvalue weighted by molar-refractivity contribution is 5.94. The van der Waals surface area contributed by atoms with Crippen molar-refractivity contribution in [3.8, 4) is 17.3 Å². The highest BCUT2D eigenvalue weighted by Crippen LogP contribution is 2.18. The number of nitriles is 1. The Morgan fingerprint density at radius 1 is 1.13 bits per heavy atom. The summed E-state index contributed by atoms with van der Waals surface area (Å²) in [5.74, 6) is 0.462. The normalized spacial score (nSPS) is 10.4. The number of hydrogen-bond acceptors (Lipinski definition) is 5. The third kappa shape index (κ3) is 5.97. The predicted octanol–water partition coefficient (Wildman–Crippen LogP) is 3.91. The van der Waals surface area contributed by atoms with Crippen LogP contribution >= 0.6 is 0 Å². The number of nitrogens with zero attached hydrogens (tertiary/aromatic N) is 3. The zero-order valence-electron chi connectivity index (χ0n) is 17.0. The molecule has 1 aromatic heterocycles. The average Bonchev–Trinajstić information content (AvgIpc) is 2.78. The summed E-state index contributed by atoms with van der Waals surface area (Å²) < 4.78 is 5.62. The smallest absolute Gasteiger partial charge is 0.252 e. The molecule has 0 atom stereocenters. The van der Waals surface area contributed by atoms with Gasteiger partial charge in [0.1, 0.15) is 12.4 Å². The van der Waals surface area contributed by atoms with E-state index in [0.717, 1.165) is 41.2 Å². The summed E-state index contributed by atoms with van der Waals surface area (Å²) in [6.07, 6.45) is 3.38. The maximum Gasteiger partial charge on any atom is 0.252 e. The Hall–Kier alpha value is -3.56. The van der Waals surface area contributed by atoms with Crippen LogP contribution in [0.5, 0.6) is 0 Å². The average molecular weight is 400 g/mol. The first-order chi connectivity index (χ1) is 14.7. The molecule has 3 aromatic rings. The number of carbonyl (C=O) groups is 1.